The zero-order valence-corrected chi connectivity index (χ0v) is 13.7. The Labute approximate surface area is 127 Å². The second-order valence-corrected chi connectivity index (χ2v) is 8.16. The third-order valence-corrected chi connectivity index (χ3v) is 5.37. The van der Waals surface area contributed by atoms with Crippen molar-refractivity contribution in [2.45, 2.75) is 56.8 Å². The van der Waals surface area contributed by atoms with Crippen LogP contribution in [0, 0.1) is 0 Å². The normalized spacial score (nSPS) is 16.4. The van der Waals surface area contributed by atoms with Crippen molar-refractivity contribution in [3.8, 4) is 0 Å². The molecule has 0 spiro atoms. The van der Waals surface area contributed by atoms with Crippen molar-refractivity contribution in [2.75, 3.05) is 6.54 Å². The van der Waals surface area contributed by atoms with Gasteiger partial charge in [-0.1, -0.05) is 6.08 Å². The molecule has 1 heterocycles. The lowest BCUT2D eigenvalue weighted by molar-refractivity contribution is 0.260. The zero-order chi connectivity index (χ0) is 15.7. The molecule has 1 aromatic heterocycles. The summed E-state index contributed by atoms with van der Waals surface area (Å²) in [5.41, 5.74) is -0.535. The Morgan fingerprint density at radius 2 is 2.10 bits per heavy atom. The van der Waals surface area contributed by atoms with Crippen molar-refractivity contribution < 1.29 is 12.8 Å². The molecule has 1 saturated carbocycles. The highest BCUT2D eigenvalue weighted by Gasteiger charge is 2.35. The summed E-state index contributed by atoms with van der Waals surface area (Å²) >= 11 is 0. The Bertz CT molecular complexity index is 595. The van der Waals surface area contributed by atoms with Crippen molar-refractivity contribution in [1.29, 1.82) is 0 Å². The number of nitrogens with one attached hydrogen (secondary N) is 1. The fraction of sp³-hybridized carbons (Fsp3) is 0.600. The summed E-state index contributed by atoms with van der Waals surface area (Å²) < 4.78 is 32.3. The van der Waals surface area contributed by atoms with Gasteiger partial charge in [0.2, 0.25) is 5.09 Å². The van der Waals surface area contributed by atoms with E-state index < -0.39 is 15.6 Å². The highest BCUT2D eigenvalue weighted by molar-refractivity contribution is 7.89. The molecule has 6 heteroatoms. The average Bonchev–Trinajstić information content (AvgIpc) is 3.08. The lowest BCUT2D eigenvalue weighted by Crippen LogP contribution is -2.45. The van der Waals surface area contributed by atoms with Crippen LogP contribution in [0.5, 0.6) is 0 Å². The van der Waals surface area contributed by atoms with E-state index in [-0.39, 0.29) is 11.6 Å². The van der Waals surface area contributed by atoms with Crippen LogP contribution in [-0.4, -0.2) is 30.8 Å². The number of hydrogen-bond acceptors (Lipinski definition) is 4. The number of sulfonamides is 1. The molecule has 1 aliphatic carbocycles. The average molecular weight is 312 g/mol. The van der Waals surface area contributed by atoms with E-state index >= 15 is 0 Å². The van der Waals surface area contributed by atoms with Crippen molar-refractivity contribution in [1.82, 2.24) is 9.62 Å². The van der Waals surface area contributed by atoms with Crippen LogP contribution >= 0.6 is 0 Å². The molecule has 1 aliphatic rings. The van der Waals surface area contributed by atoms with E-state index in [1.54, 1.807) is 12.1 Å². The summed E-state index contributed by atoms with van der Waals surface area (Å²) in [5, 5.41) is 3.30. The molecule has 0 atom stereocenters. The van der Waals surface area contributed by atoms with Crippen LogP contribution in [-0.2, 0) is 16.6 Å². The molecule has 5 nitrogen and oxygen atoms in total. The van der Waals surface area contributed by atoms with E-state index in [0.29, 0.717) is 18.3 Å². The maximum Gasteiger partial charge on any atom is 0.277 e. The van der Waals surface area contributed by atoms with Crippen molar-refractivity contribution >= 4 is 10.0 Å². The molecule has 0 saturated heterocycles. The van der Waals surface area contributed by atoms with E-state index in [9.17, 15) is 8.42 Å². The highest BCUT2D eigenvalue weighted by Crippen LogP contribution is 2.26. The molecule has 1 N–H and O–H groups in total. The van der Waals surface area contributed by atoms with Crippen LogP contribution in [0.15, 0.2) is 34.3 Å². The van der Waals surface area contributed by atoms with Gasteiger partial charge in [0, 0.05) is 18.1 Å². The maximum absolute atomic E-state index is 12.7. The predicted octanol–water partition coefficient (Wildman–Crippen LogP) is 2.51. The SMILES string of the molecule is C=CCN(C(C)(C)C)S(=O)(=O)c1ccc(CNC2CC2)o1. The molecular formula is C15H24N2O3S. The number of furan rings is 1. The third kappa shape index (κ3) is 3.96. The fourth-order valence-electron chi connectivity index (χ4n) is 2.08. The van der Waals surface area contributed by atoms with Gasteiger partial charge in [-0.25, -0.2) is 8.42 Å². The summed E-state index contributed by atoms with van der Waals surface area (Å²) in [6.45, 7) is 10.0. The largest absolute Gasteiger partial charge is 0.447 e. The van der Waals surface area contributed by atoms with Crippen LogP contribution in [0.4, 0.5) is 0 Å². The molecule has 0 radical (unpaired) electrons. The standard InChI is InChI=1S/C15H24N2O3S/c1-5-10-17(15(2,3)4)21(18,19)14-9-8-13(20-14)11-16-12-6-7-12/h5,8-9,12,16H,1,6-7,10-11H2,2-4H3. The molecule has 118 valence electrons. The minimum Gasteiger partial charge on any atom is -0.447 e. The summed E-state index contributed by atoms with van der Waals surface area (Å²) in [6.07, 6.45) is 3.95. The maximum atomic E-state index is 12.7. The smallest absolute Gasteiger partial charge is 0.277 e. The monoisotopic (exact) mass is 312 g/mol. The Kier molecular flexibility index (Phi) is 4.60. The van der Waals surface area contributed by atoms with Crippen molar-refractivity contribution in [3.63, 3.8) is 0 Å². The summed E-state index contributed by atoms with van der Waals surface area (Å²) in [5.74, 6) is 0.646. The molecule has 1 fully saturated rings. The molecule has 0 amide bonds. The molecule has 2 rings (SSSR count). The first-order valence-corrected chi connectivity index (χ1v) is 8.65. The van der Waals surface area contributed by atoms with E-state index in [1.807, 2.05) is 20.8 Å². The lowest BCUT2D eigenvalue weighted by atomic mass is 10.1. The van der Waals surface area contributed by atoms with Crippen LogP contribution in [0.25, 0.3) is 0 Å². The topological polar surface area (TPSA) is 62.6 Å². The lowest BCUT2D eigenvalue weighted by Gasteiger charge is -2.32. The van der Waals surface area contributed by atoms with Gasteiger partial charge in [0.05, 0.1) is 6.54 Å². The third-order valence-electron chi connectivity index (χ3n) is 3.37. The second kappa shape index (κ2) is 5.94. The molecule has 0 unspecified atom stereocenters. The van der Waals surface area contributed by atoms with Gasteiger partial charge in [-0.05, 0) is 45.7 Å². The van der Waals surface area contributed by atoms with Crippen molar-refractivity contribution in [3.05, 3.63) is 30.5 Å². The highest BCUT2D eigenvalue weighted by atomic mass is 32.2. The van der Waals surface area contributed by atoms with Gasteiger partial charge in [-0.15, -0.1) is 6.58 Å². The second-order valence-electron chi connectivity index (χ2n) is 6.37. The quantitative estimate of drug-likeness (QED) is 0.786. The Morgan fingerprint density at radius 3 is 2.62 bits per heavy atom. The van der Waals surface area contributed by atoms with Gasteiger partial charge < -0.3 is 9.73 Å². The van der Waals surface area contributed by atoms with Gasteiger partial charge in [0.15, 0.2) is 0 Å². The van der Waals surface area contributed by atoms with Crippen LogP contribution < -0.4 is 5.32 Å². The number of rotatable bonds is 7. The number of nitrogens with zero attached hydrogens (tertiary/aromatic N) is 1. The first-order chi connectivity index (χ1) is 9.75. The van der Waals surface area contributed by atoms with Gasteiger partial charge in [0.1, 0.15) is 5.76 Å². The van der Waals surface area contributed by atoms with Crippen LogP contribution in [0.1, 0.15) is 39.4 Å². The van der Waals surface area contributed by atoms with E-state index in [4.69, 9.17) is 4.42 Å². The van der Waals surface area contributed by atoms with Gasteiger partial charge in [-0.2, -0.15) is 4.31 Å². The van der Waals surface area contributed by atoms with Gasteiger partial charge in [0.25, 0.3) is 10.0 Å². The molecule has 0 aliphatic heterocycles. The van der Waals surface area contributed by atoms with E-state index in [1.165, 1.54) is 23.2 Å². The Hall–Kier alpha value is -1.11. The molecule has 0 aromatic carbocycles. The fourth-order valence-corrected chi connectivity index (χ4v) is 3.77. The van der Waals surface area contributed by atoms with Gasteiger partial charge in [-0.3, -0.25) is 0 Å². The van der Waals surface area contributed by atoms with Crippen LogP contribution in [0.3, 0.4) is 0 Å². The van der Waals surface area contributed by atoms with E-state index in [0.717, 1.165) is 0 Å². The first kappa shape index (κ1) is 16.3. The summed E-state index contributed by atoms with van der Waals surface area (Å²) in [7, 11) is -3.66. The number of hydrogen-bond donors (Lipinski definition) is 1. The molecule has 21 heavy (non-hydrogen) atoms. The molecule has 0 bridgehead atoms. The van der Waals surface area contributed by atoms with Crippen molar-refractivity contribution in [2.24, 2.45) is 0 Å². The van der Waals surface area contributed by atoms with Crippen LogP contribution in [0.2, 0.25) is 0 Å². The van der Waals surface area contributed by atoms with Gasteiger partial charge >= 0.3 is 0 Å². The zero-order valence-electron chi connectivity index (χ0n) is 12.9. The summed E-state index contributed by atoms with van der Waals surface area (Å²) in [6, 6.07) is 3.81. The Balaban J connectivity index is 2.18. The molecule has 1 aromatic rings. The minimum absolute atomic E-state index is 0.00753. The minimum atomic E-state index is -3.66. The molecular weight excluding hydrogens is 288 g/mol. The first-order valence-electron chi connectivity index (χ1n) is 7.21. The summed E-state index contributed by atoms with van der Waals surface area (Å²) in [4.78, 5) is 0. The van der Waals surface area contributed by atoms with E-state index in [2.05, 4.69) is 11.9 Å². The predicted molar refractivity (Wildman–Crippen MR) is 82.4 cm³/mol. The Morgan fingerprint density at radius 1 is 1.43 bits per heavy atom.